The molecule has 0 aromatic heterocycles. The summed E-state index contributed by atoms with van der Waals surface area (Å²) in [7, 11) is 1.51. The quantitative estimate of drug-likeness (QED) is 0.284. The van der Waals surface area contributed by atoms with Crippen LogP contribution in [0.4, 0.5) is 0 Å². The number of rotatable bonds is 6. The molecule has 0 radical (unpaired) electrons. The molecule has 49 heavy (non-hydrogen) atoms. The maximum absolute atomic E-state index is 12.8. The first kappa shape index (κ1) is 36.0. The minimum Gasteiger partial charge on any atom is -0.469 e. The summed E-state index contributed by atoms with van der Waals surface area (Å²) in [5.74, 6) is 0.223. The summed E-state index contributed by atoms with van der Waals surface area (Å²) >= 11 is 0. The van der Waals surface area contributed by atoms with Gasteiger partial charge in [0.05, 0.1) is 31.3 Å². The van der Waals surface area contributed by atoms with Gasteiger partial charge < -0.3 is 43.6 Å². The van der Waals surface area contributed by atoms with Crippen LogP contribution >= 0.6 is 0 Å². The Morgan fingerprint density at radius 3 is 2.27 bits per heavy atom. The number of nitrogens with two attached hydrogens (primary N) is 1. The van der Waals surface area contributed by atoms with E-state index in [9.17, 15) is 9.59 Å². The number of carbonyl (C=O) groups excluding carboxylic acids is 2. The molecule has 0 amide bonds. The molecule has 11 nitrogen and oxygen atoms in total. The van der Waals surface area contributed by atoms with Crippen LogP contribution in [0.15, 0.2) is 0 Å². The maximum atomic E-state index is 12.8. The number of hydrogen-bond donors (Lipinski definition) is 1. The van der Waals surface area contributed by atoms with Crippen LogP contribution < -0.4 is 5.73 Å². The van der Waals surface area contributed by atoms with Gasteiger partial charge in [0.25, 0.3) is 0 Å². The summed E-state index contributed by atoms with van der Waals surface area (Å²) in [6.45, 7) is 14.0. The van der Waals surface area contributed by atoms with Crippen molar-refractivity contribution in [3.8, 4) is 0 Å². The number of carbonyl (C=O) groups is 2. The zero-order valence-electron chi connectivity index (χ0n) is 30.9. The lowest BCUT2D eigenvalue weighted by molar-refractivity contribution is -0.322. The van der Waals surface area contributed by atoms with Crippen molar-refractivity contribution in [3.63, 3.8) is 0 Å². The first-order valence-corrected chi connectivity index (χ1v) is 19.1. The molecule has 16 atom stereocenters. The van der Waals surface area contributed by atoms with Crippen LogP contribution in [0.25, 0.3) is 0 Å². The van der Waals surface area contributed by atoms with Gasteiger partial charge >= 0.3 is 11.9 Å². The van der Waals surface area contributed by atoms with Gasteiger partial charge in [0.15, 0.2) is 18.4 Å². The van der Waals surface area contributed by atoms with Gasteiger partial charge in [-0.1, -0.05) is 13.8 Å². The largest absolute Gasteiger partial charge is 0.469 e. The van der Waals surface area contributed by atoms with Gasteiger partial charge in [-0.2, -0.15) is 0 Å². The average molecular weight is 692 g/mol. The van der Waals surface area contributed by atoms with E-state index in [-0.39, 0.29) is 64.7 Å². The van der Waals surface area contributed by atoms with Gasteiger partial charge in [-0.3, -0.25) is 9.59 Å². The highest BCUT2D eigenvalue weighted by atomic mass is 16.8. The SMILES string of the molecule is COC(=O)C1CCC2(N)C3CCC4CC(OC5OC(C)C(OC6CCC(OC(C)=O)C(C)O6)C6OC(C)(C)OC56)CCC4(C)C3CCC12C. The fraction of sp³-hybridized carbons (Fsp3) is 0.947. The molecule has 0 spiro atoms. The summed E-state index contributed by atoms with van der Waals surface area (Å²) in [5, 5.41) is 0. The third-order valence-corrected chi connectivity index (χ3v) is 14.5. The molecule has 7 aliphatic rings. The first-order chi connectivity index (χ1) is 23.1. The second kappa shape index (κ2) is 13.0. The number of methoxy groups -OCH3 is 1. The molecule has 16 unspecified atom stereocenters. The van der Waals surface area contributed by atoms with E-state index in [2.05, 4.69) is 13.8 Å². The van der Waals surface area contributed by atoms with Crippen LogP contribution in [0.2, 0.25) is 0 Å². The van der Waals surface area contributed by atoms with Crippen molar-refractivity contribution in [3.05, 3.63) is 0 Å². The molecular weight excluding hydrogens is 630 g/mol. The van der Waals surface area contributed by atoms with E-state index >= 15 is 0 Å². The standard InChI is InChI=1S/C38H61NO10/c1-20-28(45-22(3)40)11-12-29(43-20)47-30-21(2)44-34(32-31(30)48-35(4,5)49-32)46-24-13-16-36(6)23(19-24)9-10-26-25(36)14-17-37(7)27(33(41)42-8)15-18-38(26,37)39/h20-21,23-32,34H,9-19,39H2,1-8H3. The molecule has 7 rings (SSSR count). The van der Waals surface area contributed by atoms with Crippen molar-refractivity contribution >= 4 is 11.9 Å². The van der Waals surface area contributed by atoms with Gasteiger partial charge in [0.1, 0.15) is 24.4 Å². The van der Waals surface area contributed by atoms with Crippen molar-refractivity contribution in [2.24, 2.45) is 40.2 Å². The van der Waals surface area contributed by atoms with Crippen LogP contribution in [0.5, 0.6) is 0 Å². The average Bonchev–Trinajstić information content (AvgIpc) is 3.52. The highest BCUT2D eigenvalue weighted by Gasteiger charge is 2.68. The Labute approximate surface area is 292 Å². The van der Waals surface area contributed by atoms with E-state index in [4.69, 9.17) is 43.6 Å². The number of fused-ring (bicyclic) bond motifs is 6. The lowest BCUT2D eigenvalue weighted by Crippen LogP contribution is -2.67. The van der Waals surface area contributed by atoms with E-state index in [1.807, 2.05) is 27.7 Å². The van der Waals surface area contributed by atoms with Crippen molar-refractivity contribution in [1.82, 2.24) is 0 Å². The van der Waals surface area contributed by atoms with Crippen LogP contribution in [0, 0.1) is 34.5 Å². The predicted molar refractivity (Wildman–Crippen MR) is 178 cm³/mol. The second-order valence-electron chi connectivity index (χ2n) is 17.5. The summed E-state index contributed by atoms with van der Waals surface area (Å²) < 4.78 is 49.7. The molecule has 3 heterocycles. The van der Waals surface area contributed by atoms with E-state index in [1.165, 1.54) is 14.0 Å². The number of esters is 2. The molecule has 0 bridgehead atoms. The number of ether oxygens (including phenoxy) is 8. The highest BCUT2D eigenvalue weighted by molar-refractivity contribution is 5.74. The van der Waals surface area contributed by atoms with Gasteiger partial charge in [-0.05, 0) is 120 Å². The van der Waals surface area contributed by atoms with Gasteiger partial charge in [-0.15, -0.1) is 0 Å². The molecule has 11 heteroatoms. The lowest BCUT2D eigenvalue weighted by atomic mass is 9.42. The van der Waals surface area contributed by atoms with E-state index in [0.717, 1.165) is 57.8 Å². The molecular formula is C38H61NO10. The van der Waals surface area contributed by atoms with Crippen LogP contribution in [0.3, 0.4) is 0 Å². The lowest BCUT2D eigenvalue weighted by Gasteiger charge is -2.64. The maximum Gasteiger partial charge on any atom is 0.309 e. The van der Waals surface area contributed by atoms with Crippen molar-refractivity contribution in [2.75, 3.05) is 7.11 Å². The first-order valence-electron chi connectivity index (χ1n) is 19.1. The molecule has 4 saturated carbocycles. The molecule has 7 fully saturated rings. The van der Waals surface area contributed by atoms with Gasteiger partial charge in [-0.25, -0.2) is 0 Å². The summed E-state index contributed by atoms with van der Waals surface area (Å²) in [5.41, 5.74) is 7.11. The predicted octanol–water partition coefficient (Wildman–Crippen LogP) is 5.39. The fourth-order valence-corrected chi connectivity index (χ4v) is 11.9. The zero-order chi connectivity index (χ0) is 35.1. The van der Waals surface area contributed by atoms with Gasteiger partial charge in [0.2, 0.25) is 0 Å². The molecule has 4 aliphatic carbocycles. The Kier molecular flexibility index (Phi) is 9.53. The van der Waals surface area contributed by atoms with E-state index in [1.54, 1.807) is 0 Å². The Balaban J connectivity index is 0.998. The van der Waals surface area contributed by atoms with Crippen molar-refractivity contribution in [1.29, 1.82) is 0 Å². The minimum atomic E-state index is -0.808. The number of hydrogen-bond acceptors (Lipinski definition) is 11. The normalized spacial score (nSPS) is 51.9. The molecule has 3 aliphatic heterocycles. The van der Waals surface area contributed by atoms with E-state index < -0.39 is 30.6 Å². The Hall–Kier alpha value is -1.34. The minimum absolute atomic E-state index is 0.0638. The van der Waals surface area contributed by atoms with Crippen molar-refractivity contribution in [2.45, 2.75) is 186 Å². The summed E-state index contributed by atoms with van der Waals surface area (Å²) in [6.07, 6.45) is 7.33. The molecule has 0 aromatic carbocycles. The second-order valence-corrected chi connectivity index (χ2v) is 17.5. The Morgan fingerprint density at radius 1 is 0.796 bits per heavy atom. The topological polar surface area (TPSA) is 134 Å². The third-order valence-electron chi connectivity index (χ3n) is 14.5. The summed E-state index contributed by atoms with van der Waals surface area (Å²) in [4.78, 5) is 24.3. The molecule has 3 saturated heterocycles. The van der Waals surface area contributed by atoms with Crippen LogP contribution in [-0.4, -0.2) is 85.7 Å². The Morgan fingerprint density at radius 2 is 1.55 bits per heavy atom. The van der Waals surface area contributed by atoms with Crippen LogP contribution in [-0.2, 0) is 47.5 Å². The smallest absolute Gasteiger partial charge is 0.309 e. The summed E-state index contributed by atoms with van der Waals surface area (Å²) in [6, 6.07) is 0. The highest BCUT2D eigenvalue weighted by Crippen LogP contribution is 2.68. The molecule has 2 N–H and O–H groups in total. The van der Waals surface area contributed by atoms with Gasteiger partial charge in [0, 0.05) is 18.9 Å². The van der Waals surface area contributed by atoms with Crippen molar-refractivity contribution < 1.29 is 47.5 Å². The third kappa shape index (κ3) is 6.09. The Bertz CT molecular complexity index is 1260. The van der Waals surface area contributed by atoms with E-state index in [0.29, 0.717) is 30.6 Å². The molecule has 278 valence electrons. The monoisotopic (exact) mass is 691 g/mol. The molecule has 0 aromatic rings. The zero-order valence-corrected chi connectivity index (χ0v) is 30.9. The van der Waals surface area contributed by atoms with Crippen LogP contribution in [0.1, 0.15) is 119 Å². The fourth-order valence-electron chi connectivity index (χ4n) is 11.9.